The first-order valence-electron chi connectivity index (χ1n) is 11.0. The molecule has 4 rings (SSSR count). The van der Waals surface area contributed by atoms with Crippen LogP contribution in [-0.4, -0.2) is 48.8 Å². The molecule has 1 unspecified atom stereocenters. The van der Waals surface area contributed by atoms with Gasteiger partial charge in [-0.3, -0.25) is 25.2 Å². The first-order chi connectivity index (χ1) is 15.5. The van der Waals surface area contributed by atoms with Crippen LogP contribution in [0.25, 0.3) is 0 Å². The van der Waals surface area contributed by atoms with E-state index in [0.29, 0.717) is 30.1 Å². The molecule has 1 saturated heterocycles. The second-order valence-corrected chi connectivity index (χ2v) is 8.72. The maximum atomic E-state index is 12.7. The minimum Gasteiger partial charge on any atom is -0.362 e. The number of benzene rings is 2. The molecule has 2 aliphatic heterocycles. The number of anilines is 1. The lowest BCUT2D eigenvalue weighted by Crippen LogP contribution is -2.52. The number of para-hydroxylation sites is 1. The van der Waals surface area contributed by atoms with E-state index >= 15 is 0 Å². The fourth-order valence-corrected chi connectivity index (χ4v) is 4.50. The monoisotopic (exact) mass is 454 g/mol. The van der Waals surface area contributed by atoms with E-state index in [2.05, 4.69) is 16.9 Å². The molecule has 2 aromatic carbocycles. The van der Waals surface area contributed by atoms with Crippen molar-refractivity contribution >= 4 is 35.0 Å². The van der Waals surface area contributed by atoms with Gasteiger partial charge in [-0.2, -0.15) is 0 Å². The lowest BCUT2D eigenvalue weighted by Gasteiger charge is -2.32. The third kappa shape index (κ3) is 5.22. The molecule has 0 aromatic heterocycles. The number of rotatable bonds is 4. The molecule has 2 aromatic rings. The lowest BCUT2D eigenvalue weighted by molar-refractivity contribution is -0.131. The Labute approximate surface area is 192 Å². The van der Waals surface area contributed by atoms with Crippen molar-refractivity contribution in [2.24, 2.45) is 5.92 Å². The van der Waals surface area contributed by atoms with Gasteiger partial charge in [-0.15, -0.1) is 0 Å². The predicted molar refractivity (Wildman–Crippen MR) is 123 cm³/mol. The molecule has 32 heavy (non-hydrogen) atoms. The van der Waals surface area contributed by atoms with E-state index < -0.39 is 0 Å². The highest BCUT2D eigenvalue weighted by molar-refractivity contribution is 6.30. The average Bonchev–Trinajstić information content (AvgIpc) is 2.83. The Morgan fingerprint density at radius 2 is 1.75 bits per heavy atom. The summed E-state index contributed by atoms with van der Waals surface area (Å²) in [6.45, 7) is 1.92. The SMILES string of the molecule is O=C(CN1CCCc2ccccc21)NNC(=O)C1CCCN(C(=O)c2ccc(Cl)cc2)C1. The zero-order valence-electron chi connectivity index (χ0n) is 17.9. The van der Waals surface area contributed by atoms with Gasteiger partial charge in [0.15, 0.2) is 0 Å². The average molecular weight is 455 g/mol. The molecule has 2 heterocycles. The number of amides is 3. The third-order valence-electron chi connectivity index (χ3n) is 6.04. The van der Waals surface area contributed by atoms with Gasteiger partial charge in [0.1, 0.15) is 0 Å². The van der Waals surface area contributed by atoms with Crippen LogP contribution in [0.5, 0.6) is 0 Å². The van der Waals surface area contributed by atoms with E-state index in [9.17, 15) is 14.4 Å². The smallest absolute Gasteiger partial charge is 0.257 e. The number of hydrogen-bond donors (Lipinski definition) is 2. The third-order valence-corrected chi connectivity index (χ3v) is 6.29. The number of nitrogens with one attached hydrogen (secondary N) is 2. The van der Waals surface area contributed by atoms with Crippen molar-refractivity contribution in [3.8, 4) is 0 Å². The van der Waals surface area contributed by atoms with Crippen LogP contribution in [0.3, 0.4) is 0 Å². The molecule has 7 nitrogen and oxygen atoms in total. The van der Waals surface area contributed by atoms with Crippen molar-refractivity contribution in [2.75, 3.05) is 31.1 Å². The quantitative estimate of drug-likeness (QED) is 0.696. The van der Waals surface area contributed by atoms with Gasteiger partial charge in [0.2, 0.25) is 5.91 Å². The van der Waals surface area contributed by atoms with E-state index in [4.69, 9.17) is 11.6 Å². The summed E-state index contributed by atoms with van der Waals surface area (Å²) in [5, 5.41) is 0.571. The number of likely N-dealkylation sites (tertiary alicyclic amines) is 1. The van der Waals surface area contributed by atoms with Crippen LogP contribution >= 0.6 is 11.6 Å². The normalized spacial score (nSPS) is 18.0. The molecule has 8 heteroatoms. The van der Waals surface area contributed by atoms with Crippen molar-refractivity contribution in [1.29, 1.82) is 0 Å². The van der Waals surface area contributed by atoms with Gasteiger partial charge < -0.3 is 9.80 Å². The first-order valence-corrected chi connectivity index (χ1v) is 11.4. The van der Waals surface area contributed by atoms with Crippen LogP contribution in [0.1, 0.15) is 35.2 Å². The predicted octanol–water partition coefficient (Wildman–Crippen LogP) is 2.79. The number of carbonyl (C=O) groups is 3. The lowest BCUT2D eigenvalue weighted by atomic mass is 9.96. The highest BCUT2D eigenvalue weighted by Crippen LogP contribution is 2.26. The maximum absolute atomic E-state index is 12.7. The minimum atomic E-state index is -0.365. The summed E-state index contributed by atoms with van der Waals surface area (Å²) < 4.78 is 0. The van der Waals surface area contributed by atoms with Gasteiger partial charge in [-0.05, 0) is 61.6 Å². The summed E-state index contributed by atoms with van der Waals surface area (Å²) in [7, 11) is 0. The largest absolute Gasteiger partial charge is 0.362 e. The standard InChI is InChI=1S/C24H27ClN4O3/c25-20-11-9-18(10-12-20)24(32)29-14-4-7-19(15-29)23(31)27-26-22(30)16-28-13-3-6-17-5-1-2-8-21(17)28/h1-2,5,8-12,19H,3-4,6-7,13-16H2,(H,26,30)(H,27,31). The van der Waals surface area contributed by atoms with E-state index in [1.807, 2.05) is 23.1 Å². The highest BCUT2D eigenvalue weighted by Gasteiger charge is 2.29. The second-order valence-electron chi connectivity index (χ2n) is 8.29. The highest BCUT2D eigenvalue weighted by atomic mass is 35.5. The number of aryl methyl sites for hydroxylation is 1. The van der Waals surface area contributed by atoms with Gasteiger partial charge in [0.25, 0.3) is 11.8 Å². The van der Waals surface area contributed by atoms with Crippen molar-refractivity contribution in [2.45, 2.75) is 25.7 Å². The molecule has 2 aliphatic rings. The van der Waals surface area contributed by atoms with Crippen LogP contribution in [0, 0.1) is 5.92 Å². The molecule has 0 spiro atoms. The molecular weight excluding hydrogens is 428 g/mol. The van der Waals surface area contributed by atoms with Crippen molar-refractivity contribution in [1.82, 2.24) is 15.8 Å². The molecule has 0 aliphatic carbocycles. The Morgan fingerprint density at radius 3 is 2.56 bits per heavy atom. The zero-order valence-corrected chi connectivity index (χ0v) is 18.6. The van der Waals surface area contributed by atoms with E-state index in [-0.39, 0.29) is 30.2 Å². The maximum Gasteiger partial charge on any atom is 0.257 e. The van der Waals surface area contributed by atoms with E-state index in [1.165, 1.54) is 5.56 Å². The van der Waals surface area contributed by atoms with Crippen LogP contribution in [0.2, 0.25) is 5.02 Å². The molecule has 0 radical (unpaired) electrons. The van der Waals surface area contributed by atoms with Crippen molar-refractivity contribution < 1.29 is 14.4 Å². The van der Waals surface area contributed by atoms with Crippen LogP contribution in [0.15, 0.2) is 48.5 Å². The fraction of sp³-hybridized carbons (Fsp3) is 0.375. The van der Waals surface area contributed by atoms with Gasteiger partial charge in [0, 0.05) is 35.9 Å². The number of piperidine rings is 1. The number of nitrogens with zero attached hydrogens (tertiary/aromatic N) is 2. The van der Waals surface area contributed by atoms with Crippen molar-refractivity contribution in [3.05, 3.63) is 64.7 Å². The first kappa shape index (κ1) is 22.1. The molecule has 0 bridgehead atoms. The van der Waals surface area contributed by atoms with Gasteiger partial charge in [-0.25, -0.2) is 0 Å². The number of fused-ring (bicyclic) bond motifs is 1. The van der Waals surface area contributed by atoms with E-state index in [0.717, 1.165) is 31.5 Å². The van der Waals surface area contributed by atoms with Crippen molar-refractivity contribution in [3.63, 3.8) is 0 Å². The molecule has 3 amide bonds. The molecule has 1 fully saturated rings. The molecule has 0 saturated carbocycles. The summed E-state index contributed by atoms with van der Waals surface area (Å²) in [4.78, 5) is 41.6. The summed E-state index contributed by atoms with van der Waals surface area (Å²) in [6.07, 6.45) is 3.41. The van der Waals surface area contributed by atoms with Gasteiger partial charge in [0.05, 0.1) is 12.5 Å². The summed E-state index contributed by atoms with van der Waals surface area (Å²) in [5.41, 5.74) is 7.95. The molecule has 2 N–H and O–H groups in total. The summed E-state index contributed by atoms with van der Waals surface area (Å²) in [6, 6.07) is 14.8. The summed E-state index contributed by atoms with van der Waals surface area (Å²) >= 11 is 5.90. The van der Waals surface area contributed by atoms with Gasteiger partial charge >= 0.3 is 0 Å². The minimum absolute atomic E-state index is 0.119. The Kier molecular flexibility index (Phi) is 6.95. The second kappa shape index (κ2) is 10.0. The topological polar surface area (TPSA) is 81.8 Å². The van der Waals surface area contributed by atoms with Crippen LogP contribution in [-0.2, 0) is 16.0 Å². The van der Waals surface area contributed by atoms with Gasteiger partial charge in [-0.1, -0.05) is 29.8 Å². The Hall–Kier alpha value is -3.06. The van der Waals surface area contributed by atoms with Crippen LogP contribution < -0.4 is 15.8 Å². The number of carbonyl (C=O) groups excluding carboxylic acids is 3. The Bertz CT molecular complexity index is 995. The summed E-state index contributed by atoms with van der Waals surface area (Å²) in [5.74, 6) is -1.02. The molecule has 1 atom stereocenters. The van der Waals surface area contributed by atoms with E-state index in [1.54, 1.807) is 29.2 Å². The molecule has 168 valence electrons. The Balaban J connectivity index is 1.28. The molecular formula is C24H27ClN4O3. The number of hydrazine groups is 1. The number of hydrogen-bond acceptors (Lipinski definition) is 4. The van der Waals surface area contributed by atoms with Crippen LogP contribution in [0.4, 0.5) is 5.69 Å². The number of halogens is 1. The zero-order chi connectivity index (χ0) is 22.5. The fourth-order valence-electron chi connectivity index (χ4n) is 4.37. The Morgan fingerprint density at radius 1 is 0.969 bits per heavy atom.